The predicted octanol–water partition coefficient (Wildman–Crippen LogP) is 2.25. The molecule has 3 nitrogen and oxygen atoms in total. The smallest absolute Gasteiger partial charge is 0.223 e. The standard InChI is InChI=1S/C13H24N2O.ClH/c16-13(11-6-3-1-2-4-7-11)15-12-8-5-9-14-10-12;/h11-12,14H,1-10H2,(H,15,16);1H/t12-;/m0./s1. The Morgan fingerprint density at radius 2 is 1.71 bits per heavy atom. The average molecular weight is 261 g/mol. The number of nitrogens with one attached hydrogen (secondary N) is 2. The second-order valence-electron chi connectivity index (χ2n) is 5.24. The van der Waals surface area contributed by atoms with Crippen molar-refractivity contribution in [2.75, 3.05) is 13.1 Å². The van der Waals surface area contributed by atoms with Crippen LogP contribution in [0.1, 0.15) is 51.4 Å². The summed E-state index contributed by atoms with van der Waals surface area (Å²) in [6, 6.07) is 0.379. The van der Waals surface area contributed by atoms with E-state index >= 15 is 0 Å². The fourth-order valence-corrected chi connectivity index (χ4v) is 2.84. The summed E-state index contributed by atoms with van der Waals surface area (Å²) in [6.45, 7) is 2.06. The fourth-order valence-electron chi connectivity index (χ4n) is 2.84. The van der Waals surface area contributed by atoms with Crippen LogP contribution in [0.25, 0.3) is 0 Å². The van der Waals surface area contributed by atoms with Crippen molar-refractivity contribution in [2.45, 2.75) is 57.4 Å². The Balaban J connectivity index is 0.00000144. The van der Waals surface area contributed by atoms with E-state index in [4.69, 9.17) is 0 Å². The molecule has 0 aromatic heterocycles. The van der Waals surface area contributed by atoms with Gasteiger partial charge in [0.1, 0.15) is 0 Å². The maximum absolute atomic E-state index is 12.1. The van der Waals surface area contributed by atoms with Gasteiger partial charge in [0.05, 0.1) is 0 Å². The Kier molecular flexibility index (Phi) is 6.90. The molecule has 0 bridgehead atoms. The van der Waals surface area contributed by atoms with Crippen molar-refractivity contribution in [1.82, 2.24) is 10.6 Å². The molecule has 17 heavy (non-hydrogen) atoms. The van der Waals surface area contributed by atoms with Gasteiger partial charge in [0, 0.05) is 18.5 Å². The minimum Gasteiger partial charge on any atom is -0.352 e. The van der Waals surface area contributed by atoms with E-state index in [9.17, 15) is 4.79 Å². The van der Waals surface area contributed by atoms with Crippen LogP contribution in [0.5, 0.6) is 0 Å². The molecule has 1 aliphatic carbocycles. The molecule has 0 unspecified atom stereocenters. The van der Waals surface area contributed by atoms with Gasteiger partial charge in [0.15, 0.2) is 0 Å². The highest BCUT2D eigenvalue weighted by Gasteiger charge is 2.23. The van der Waals surface area contributed by atoms with E-state index in [1.807, 2.05) is 0 Å². The maximum atomic E-state index is 12.1. The number of halogens is 1. The normalized spacial score (nSPS) is 26.7. The molecule has 0 radical (unpaired) electrons. The molecular formula is C13H25ClN2O. The van der Waals surface area contributed by atoms with E-state index in [2.05, 4.69) is 10.6 Å². The van der Waals surface area contributed by atoms with Gasteiger partial charge >= 0.3 is 0 Å². The summed E-state index contributed by atoms with van der Waals surface area (Å²) in [6.07, 6.45) is 9.64. The Morgan fingerprint density at radius 3 is 2.29 bits per heavy atom. The second-order valence-corrected chi connectivity index (χ2v) is 5.24. The zero-order valence-electron chi connectivity index (χ0n) is 10.5. The summed E-state index contributed by atoms with van der Waals surface area (Å²) in [5.74, 6) is 0.611. The van der Waals surface area contributed by atoms with Gasteiger partial charge in [-0.05, 0) is 32.2 Å². The molecule has 2 fully saturated rings. The molecule has 2 N–H and O–H groups in total. The first-order valence-corrected chi connectivity index (χ1v) is 6.87. The monoisotopic (exact) mass is 260 g/mol. The molecule has 1 saturated heterocycles. The van der Waals surface area contributed by atoms with E-state index in [-0.39, 0.29) is 12.4 Å². The van der Waals surface area contributed by atoms with Crippen molar-refractivity contribution < 1.29 is 4.79 Å². The first-order valence-electron chi connectivity index (χ1n) is 6.87. The van der Waals surface area contributed by atoms with Crippen LogP contribution in [0.4, 0.5) is 0 Å². The first kappa shape index (κ1) is 14.8. The fraction of sp³-hybridized carbons (Fsp3) is 0.923. The van der Waals surface area contributed by atoms with E-state index < -0.39 is 0 Å². The van der Waals surface area contributed by atoms with Crippen molar-refractivity contribution >= 4 is 18.3 Å². The van der Waals surface area contributed by atoms with Gasteiger partial charge in [0.25, 0.3) is 0 Å². The summed E-state index contributed by atoms with van der Waals surface area (Å²) in [5, 5.41) is 6.56. The lowest BCUT2D eigenvalue weighted by Gasteiger charge is -2.25. The molecule has 4 heteroatoms. The number of hydrogen-bond acceptors (Lipinski definition) is 2. The lowest BCUT2D eigenvalue weighted by Crippen LogP contribution is -2.47. The van der Waals surface area contributed by atoms with Crippen molar-refractivity contribution in [3.8, 4) is 0 Å². The number of hydrogen-bond donors (Lipinski definition) is 2. The van der Waals surface area contributed by atoms with Crippen LogP contribution in [0.15, 0.2) is 0 Å². The van der Waals surface area contributed by atoms with Crippen molar-refractivity contribution in [3.05, 3.63) is 0 Å². The van der Waals surface area contributed by atoms with Crippen LogP contribution < -0.4 is 10.6 Å². The third kappa shape index (κ3) is 4.84. The molecule has 1 aliphatic heterocycles. The minimum absolute atomic E-state index is 0. The summed E-state index contributed by atoms with van der Waals surface area (Å²) >= 11 is 0. The summed E-state index contributed by atoms with van der Waals surface area (Å²) < 4.78 is 0. The number of rotatable bonds is 2. The maximum Gasteiger partial charge on any atom is 0.223 e. The number of carbonyl (C=O) groups excluding carboxylic acids is 1. The molecular weight excluding hydrogens is 236 g/mol. The largest absolute Gasteiger partial charge is 0.352 e. The van der Waals surface area contributed by atoms with Crippen LogP contribution in [0.3, 0.4) is 0 Å². The lowest BCUT2D eigenvalue weighted by molar-refractivity contribution is -0.126. The van der Waals surface area contributed by atoms with Crippen molar-refractivity contribution in [1.29, 1.82) is 0 Å². The molecule has 100 valence electrons. The second kappa shape index (κ2) is 7.93. The Labute approximate surface area is 111 Å². The molecule has 0 aromatic carbocycles. The molecule has 2 aliphatic rings. The van der Waals surface area contributed by atoms with E-state index in [1.165, 1.54) is 32.1 Å². The topological polar surface area (TPSA) is 41.1 Å². The summed E-state index contributed by atoms with van der Waals surface area (Å²) in [4.78, 5) is 12.1. The Bertz CT molecular complexity index is 221. The van der Waals surface area contributed by atoms with E-state index in [0.29, 0.717) is 17.9 Å². The average Bonchev–Trinajstić information content (AvgIpc) is 2.59. The highest BCUT2D eigenvalue weighted by atomic mass is 35.5. The molecule has 1 saturated carbocycles. The molecule has 2 rings (SSSR count). The number of piperidine rings is 1. The number of carbonyl (C=O) groups is 1. The molecule has 1 heterocycles. The van der Waals surface area contributed by atoms with Crippen LogP contribution in [-0.4, -0.2) is 25.0 Å². The van der Waals surface area contributed by atoms with Crippen molar-refractivity contribution in [2.24, 2.45) is 5.92 Å². The van der Waals surface area contributed by atoms with Crippen LogP contribution in [0.2, 0.25) is 0 Å². The lowest BCUT2D eigenvalue weighted by atomic mass is 9.98. The number of amides is 1. The van der Waals surface area contributed by atoms with Crippen molar-refractivity contribution in [3.63, 3.8) is 0 Å². The van der Waals surface area contributed by atoms with Gasteiger partial charge in [-0.25, -0.2) is 0 Å². The van der Waals surface area contributed by atoms with Crippen LogP contribution in [-0.2, 0) is 4.79 Å². The SMILES string of the molecule is Cl.O=C(N[C@H]1CCCNC1)C1CCCCCC1. The highest BCUT2D eigenvalue weighted by molar-refractivity contribution is 5.85. The third-order valence-corrected chi connectivity index (χ3v) is 3.87. The van der Waals surface area contributed by atoms with E-state index in [1.54, 1.807) is 0 Å². The van der Waals surface area contributed by atoms with Gasteiger partial charge in [-0.2, -0.15) is 0 Å². The Hall–Kier alpha value is -0.280. The molecule has 1 atom stereocenters. The quantitative estimate of drug-likeness (QED) is 0.748. The van der Waals surface area contributed by atoms with Crippen LogP contribution in [0, 0.1) is 5.92 Å². The van der Waals surface area contributed by atoms with Gasteiger partial charge < -0.3 is 10.6 Å². The molecule has 1 amide bonds. The molecule has 0 aromatic rings. The Morgan fingerprint density at radius 1 is 1.00 bits per heavy atom. The molecule has 0 spiro atoms. The predicted molar refractivity (Wildman–Crippen MR) is 72.5 cm³/mol. The summed E-state index contributed by atoms with van der Waals surface area (Å²) in [5.41, 5.74) is 0. The summed E-state index contributed by atoms with van der Waals surface area (Å²) in [7, 11) is 0. The van der Waals surface area contributed by atoms with Gasteiger partial charge in [-0.1, -0.05) is 25.7 Å². The van der Waals surface area contributed by atoms with Gasteiger partial charge in [-0.15, -0.1) is 12.4 Å². The van der Waals surface area contributed by atoms with Crippen LogP contribution >= 0.6 is 12.4 Å². The highest BCUT2D eigenvalue weighted by Crippen LogP contribution is 2.23. The zero-order chi connectivity index (χ0) is 11.2. The van der Waals surface area contributed by atoms with Gasteiger partial charge in [0.2, 0.25) is 5.91 Å². The third-order valence-electron chi connectivity index (χ3n) is 3.87. The minimum atomic E-state index is 0. The first-order chi connectivity index (χ1) is 7.86. The zero-order valence-corrected chi connectivity index (χ0v) is 11.4. The van der Waals surface area contributed by atoms with Gasteiger partial charge in [-0.3, -0.25) is 4.79 Å². The van der Waals surface area contributed by atoms with E-state index in [0.717, 1.165) is 32.4 Å².